The van der Waals surface area contributed by atoms with E-state index in [4.69, 9.17) is 0 Å². The molecule has 3 rings (SSSR count). The summed E-state index contributed by atoms with van der Waals surface area (Å²) >= 11 is 3.10. The topological polar surface area (TPSA) is 72.0 Å². The van der Waals surface area contributed by atoms with Crippen LogP contribution in [0.1, 0.15) is 5.56 Å². The third-order valence-corrected chi connectivity index (χ3v) is 6.11. The van der Waals surface area contributed by atoms with E-state index in [9.17, 15) is 8.42 Å². The number of fused-ring (bicyclic) bond motifs is 1. The van der Waals surface area contributed by atoms with Gasteiger partial charge in [0.05, 0.1) is 0 Å². The summed E-state index contributed by atoms with van der Waals surface area (Å²) < 4.78 is 37.0. The quantitative estimate of drug-likeness (QED) is 0.648. The minimum absolute atomic E-state index is 0.199. The van der Waals surface area contributed by atoms with Gasteiger partial charge in [-0.25, -0.2) is 0 Å². The van der Waals surface area contributed by atoms with Crippen LogP contribution in [0.25, 0.3) is 11.0 Å². The molecule has 0 atom stereocenters. The van der Waals surface area contributed by atoms with E-state index < -0.39 is 10.0 Å². The molecule has 2 aromatic carbocycles. The summed E-state index contributed by atoms with van der Waals surface area (Å²) in [6.07, 6.45) is 0. The summed E-state index contributed by atoms with van der Waals surface area (Å²) in [5.41, 5.74) is 2.51. The van der Waals surface area contributed by atoms with Gasteiger partial charge in [-0.05, 0) is 0 Å². The Kier molecular flexibility index (Phi) is 3.88. The first-order chi connectivity index (χ1) is 9.97. The Morgan fingerprint density at radius 2 is 2.00 bits per heavy atom. The van der Waals surface area contributed by atoms with E-state index in [1.807, 2.05) is 12.1 Å². The van der Waals surface area contributed by atoms with Gasteiger partial charge in [0.25, 0.3) is 0 Å². The normalized spacial score (nSPS) is 11.7. The summed E-state index contributed by atoms with van der Waals surface area (Å²) in [6.45, 7) is 1.76. The van der Waals surface area contributed by atoms with E-state index in [1.54, 1.807) is 31.2 Å². The fourth-order valence-electron chi connectivity index (χ4n) is 1.95. The number of hydrogen-bond acceptors (Lipinski definition) is 4. The Bertz CT molecular complexity index is 924. The molecule has 0 saturated heterocycles. The number of hydrogen-bond donors (Lipinski definition) is 1. The molecule has 1 N–H and O–H groups in total. The van der Waals surface area contributed by atoms with Gasteiger partial charge in [-0.1, -0.05) is 0 Å². The van der Waals surface area contributed by atoms with Crippen LogP contribution in [-0.4, -0.2) is 31.3 Å². The maximum atomic E-state index is 12.6. The molecule has 0 saturated carbocycles. The Morgan fingerprint density at radius 1 is 1.19 bits per heavy atom. The molecule has 0 bridgehead atoms. The third-order valence-electron chi connectivity index (χ3n) is 2.97. The van der Waals surface area contributed by atoms with Crippen molar-refractivity contribution in [3.05, 3.63) is 46.4 Å². The maximum absolute atomic E-state index is 12.6. The second-order valence-electron chi connectivity index (χ2n) is 4.45. The van der Waals surface area contributed by atoms with Crippen LogP contribution in [0.4, 0.5) is 5.69 Å². The van der Waals surface area contributed by atoms with Gasteiger partial charge in [-0.2, -0.15) is 0 Å². The number of nitrogens with one attached hydrogen (secondary N) is 1. The summed E-state index contributed by atoms with van der Waals surface area (Å²) in [5.74, 6) is 0. The van der Waals surface area contributed by atoms with Crippen LogP contribution in [0.3, 0.4) is 0 Å². The number of benzene rings is 2. The SMILES string of the molecule is Cc1ccc(Br)cc1S(=O)(=O)Nc1cccc2n[se]nc12. The van der Waals surface area contributed by atoms with Crippen LogP contribution in [0, 0.1) is 6.92 Å². The summed E-state index contributed by atoms with van der Waals surface area (Å²) in [5, 5.41) is 0. The van der Waals surface area contributed by atoms with Crippen molar-refractivity contribution >= 4 is 57.6 Å². The number of aromatic nitrogens is 2. The number of nitrogens with zero attached hydrogens (tertiary/aromatic N) is 2. The van der Waals surface area contributed by atoms with Gasteiger partial charge < -0.3 is 0 Å². The van der Waals surface area contributed by atoms with Gasteiger partial charge in [0.15, 0.2) is 0 Å². The third kappa shape index (κ3) is 2.89. The van der Waals surface area contributed by atoms with Gasteiger partial charge >= 0.3 is 137 Å². The van der Waals surface area contributed by atoms with E-state index in [2.05, 4.69) is 28.6 Å². The Labute approximate surface area is 136 Å². The second kappa shape index (κ2) is 5.53. The fourth-order valence-corrected chi connectivity index (χ4v) is 4.96. The molecule has 0 radical (unpaired) electrons. The molecular formula is C13H10BrN3O2SSe. The zero-order valence-corrected chi connectivity index (χ0v) is 15.0. The molecule has 1 aromatic heterocycles. The number of sulfonamides is 1. The number of rotatable bonds is 3. The van der Waals surface area contributed by atoms with Crippen molar-refractivity contribution in [2.45, 2.75) is 11.8 Å². The summed E-state index contributed by atoms with van der Waals surface area (Å²) in [4.78, 5) is 0.245. The number of anilines is 1. The van der Waals surface area contributed by atoms with Gasteiger partial charge in [-0.3, -0.25) is 0 Å². The molecule has 0 aliphatic heterocycles. The zero-order chi connectivity index (χ0) is 15.0. The summed E-state index contributed by atoms with van der Waals surface area (Å²) in [6, 6.07) is 10.5. The average molecular weight is 431 g/mol. The first-order valence-electron chi connectivity index (χ1n) is 5.97. The number of aryl methyl sites for hydroxylation is 1. The predicted molar refractivity (Wildman–Crippen MR) is 86.2 cm³/mol. The van der Waals surface area contributed by atoms with Crippen LogP contribution in [0.5, 0.6) is 0 Å². The van der Waals surface area contributed by atoms with E-state index in [0.29, 0.717) is 16.8 Å². The van der Waals surface area contributed by atoms with Gasteiger partial charge in [0.2, 0.25) is 0 Å². The van der Waals surface area contributed by atoms with Crippen molar-refractivity contribution < 1.29 is 8.42 Å². The molecule has 1 heterocycles. The van der Waals surface area contributed by atoms with Crippen molar-refractivity contribution in [2.24, 2.45) is 0 Å². The molecule has 108 valence electrons. The molecule has 0 aliphatic rings. The molecule has 0 aliphatic carbocycles. The fraction of sp³-hybridized carbons (Fsp3) is 0.0769. The minimum atomic E-state index is -3.66. The molecule has 0 fully saturated rings. The van der Waals surface area contributed by atoms with Crippen molar-refractivity contribution in [1.82, 2.24) is 7.96 Å². The predicted octanol–water partition coefficient (Wildman–Crippen LogP) is 2.56. The Balaban J connectivity index is 2.08. The molecule has 0 amide bonds. The molecule has 21 heavy (non-hydrogen) atoms. The first kappa shape index (κ1) is 14.7. The van der Waals surface area contributed by atoms with Crippen molar-refractivity contribution in [1.29, 1.82) is 0 Å². The molecule has 0 spiro atoms. The molecule has 3 aromatic rings. The number of halogens is 1. The molecular weight excluding hydrogens is 421 g/mol. The van der Waals surface area contributed by atoms with Gasteiger partial charge in [-0.15, -0.1) is 0 Å². The monoisotopic (exact) mass is 431 g/mol. The Morgan fingerprint density at radius 3 is 2.81 bits per heavy atom. The van der Waals surface area contributed by atoms with E-state index in [-0.39, 0.29) is 19.9 Å². The van der Waals surface area contributed by atoms with Crippen molar-refractivity contribution in [2.75, 3.05) is 4.72 Å². The van der Waals surface area contributed by atoms with Gasteiger partial charge in [0.1, 0.15) is 0 Å². The van der Waals surface area contributed by atoms with Crippen LogP contribution in [0.15, 0.2) is 45.8 Å². The Hall–Kier alpha value is -1.21. The first-order valence-corrected chi connectivity index (χ1v) is 9.78. The van der Waals surface area contributed by atoms with Crippen molar-refractivity contribution in [3.63, 3.8) is 0 Å². The molecule has 5 nitrogen and oxygen atoms in total. The zero-order valence-electron chi connectivity index (χ0n) is 10.9. The van der Waals surface area contributed by atoms with E-state index >= 15 is 0 Å². The molecule has 0 unspecified atom stereocenters. The van der Waals surface area contributed by atoms with Crippen LogP contribution < -0.4 is 4.72 Å². The standard InChI is InChI=1S/C13H10BrN3O2SSe/c1-8-5-6-9(14)7-12(8)20(18,19)15-10-3-2-4-11-13(10)17-21-16-11/h2-7,15H,1H3. The van der Waals surface area contributed by atoms with E-state index in [1.165, 1.54) is 0 Å². The van der Waals surface area contributed by atoms with Gasteiger partial charge in [0, 0.05) is 0 Å². The van der Waals surface area contributed by atoms with Crippen molar-refractivity contribution in [3.8, 4) is 0 Å². The molecule has 8 heteroatoms. The second-order valence-corrected chi connectivity index (χ2v) is 8.13. The van der Waals surface area contributed by atoms with Crippen LogP contribution in [0.2, 0.25) is 0 Å². The van der Waals surface area contributed by atoms with E-state index in [0.717, 1.165) is 9.99 Å². The summed E-state index contributed by atoms with van der Waals surface area (Å²) in [7, 11) is -3.66. The van der Waals surface area contributed by atoms with Crippen LogP contribution >= 0.6 is 15.9 Å². The average Bonchev–Trinajstić information content (AvgIpc) is 2.90. The van der Waals surface area contributed by atoms with Crippen LogP contribution in [-0.2, 0) is 10.0 Å².